The van der Waals surface area contributed by atoms with Crippen LogP contribution in [0.1, 0.15) is 25.8 Å². The van der Waals surface area contributed by atoms with Crippen molar-refractivity contribution in [3.63, 3.8) is 0 Å². The van der Waals surface area contributed by atoms with E-state index in [2.05, 4.69) is 46.1 Å². The molecule has 0 amide bonds. The third-order valence-corrected chi connectivity index (χ3v) is 2.61. The Morgan fingerprint density at radius 2 is 2.29 bits per heavy atom. The van der Waals surface area contributed by atoms with Crippen molar-refractivity contribution in [2.45, 2.75) is 32.7 Å². The quantitative estimate of drug-likeness (QED) is 0.877. The Morgan fingerprint density at radius 3 is 2.93 bits per heavy atom. The van der Waals surface area contributed by atoms with E-state index in [0.717, 1.165) is 23.9 Å². The molecule has 0 aromatic carbocycles. The lowest BCUT2D eigenvalue weighted by Gasteiger charge is -2.11. The van der Waals surface area contributed by atoms with Gasteiger partial charge in [-0.2, -0.15) is 0 Å². The summed E-state index contributed by atoms with van der Waals surface area (Å²) in [4.78, 5) is 4.14. The van der Waals surface area contributed by atoms with Gasteiger partial charge in [-0.25, -0.2) is 0 Å². The van der Waals surface area contributed by atoms with Crippen molar-refractivity contribution >= 4 is 15.9 Å². The second-order valence-electron chi connectivity index (χ2n) is 3.51. The van der Waals surface area contributed by atoms with Crippen LogP contribution >= 0.6 is 15.9 Å². The minimum Gasteiger partial charge on any atom is -0.315 e. The van der Waals surface area contributed by atoms with E-state index in [1.54, 1.807) is 0 Å². The number of pyridine rings is 1. The van der Waals surface area contributed by atoms with Gasteiger partial charge in [0.2, 0.25) is 0 Å². The number of aromatic nitrogens is 1. The molecule has 0 aliphatic heterocycles. The highest BCUT2D eigenvalue weighted by Crippen LogP contribution is 2.11. The lowest BCUT2D eigenvalue weighted by atomic mass is 10.1. The van der Waals surface area contributed by atoms with Crippen LogP contribution in [0.25, 0.3) is 0 Å². The molecule has 1 rings (SSSR count). The molecule has 1 aromatic rings. The maximum absolute atomic E-state index is 4.14. The van der Waals surface area contributed by atoms with Gasteiger partial charge in [0.25, 0.3) is 0 Å². The summed E-state index contributed by atoms with van der Waals surface area (Å²) in [7, 11) is 0. The zero-order valence-corrected chi connectivity index (χ0v) is 10.3. The zero-order valence-electron chi connectivity index (χ0n) is 8.76. The highest BCUT2D eigenvalue weighted by Gasteiger charge is 2.01. The first-order valence-electron chi connectivity index (χ1n) is 5.05. The van der Waals surface area contributed by atoms with Gasteiger partial charge < -0.3 is 5.32 Å². The van der Waals surface area contributed by atoms with E-state index in [1.165, 1.54) is 5.56 Å². The van der Waals surface area contributed by atoms with Crippen LogP contribution in [-0.2, 0) is 6.42 Å². The molecule has 0 aliphatic rings. The van der Waals surface area contributed by atoms with Crippen LogP contribution in [0.2, 0.25) is 0 Å². The van der Waals surface area contributed by atoms with Crippen molar-refractivity contribution in [3.05, 3.63) is 28.5 Å². The maximum Gasteiger partial charge on any atom is 0.0410 e. The molecule has 1 N–H and O–H groups in total. The average molecular weight is 257 g/mol. The van der Waals surface area contributed by atoms with E-state index < -0.39 is 0 Å². The Kier molecular flexibility index (Phi) is 5.12. The number of nitrogens with one attached hydrogen (secondary N) is 1. The molecule has 14 heavy (non-hydrogen) atoms. The molecule has 0 aliphatic carbocycles. The fourth-order valence-corrected chi connectivity index (χ4v) is 1.84. The molecule has 3 heteroatoms. The van der Waals surface area contributed by atoms with Crippen LogP contribution in [0.4, 0.5) is 0 Å². The largest absolute Gasteiger partial charge is 0.315 e. The van der Waals surface area contributed by atoms with Crippen molar-refractivity contribution in [2.24, 2.45) is 0 Å². The first-order valence-corrected chi connectivity index (χ1v) is 5.84. The van der Waals surface area contributed by atoms with E-state index in [-0.39, 0.29) is 0 Å². The van der Waals surface area contributed by atoms with Crippen LogP contribution in [0, 0.1) is 0 Å². The minimum atomic E-state index is 0.582. The number of nitrogens with zero attached hydrogens (tertiary/aromatic N) is 1. The fraction of sp³-hybridized carbons (Fsp3) is 0.545. The summed E-state index contributed by atoms with van der Waals surface area (Å²) in [5.74, 6) is 0. The lowest BCUT2D eigenvalue weighted by Crippen LogP contribution is -2.25. The summed E-state index contributed by atoms with van der Waals surface area (Å²) in [6, 6.07) is 2.71. The monoisotopic (exact) mass is 256 g/mol. The summed E-state index contributed by atoms with van der Waals surface area (Å²) in [5.41, 5.74) is 1.30. The van der Waals surface area contributed by atoms with E-state index in [0.29, 0.717) is 6.04 Å². The van der Waals surface area contributed by atoms with Gasteiger partial charge in [-0.1, -0.05) is 6.92 Å². The second kappa shape index (κ2) is 6.14. The molecule has 0 bridgehead atoms. The van der Waals surface area contributed by atoms with Crippen molar-refractivity contribution in [1.29, 1.82) is 0 Å². The normalized spacial score (nSPS) is 12.8. The van der Waals surface area contributed by atoms with E-state index >= 15 is 0 Å². The highest BCUT2D eigenvalue weighted by molar-refractivity contribution is 9.10. The Hall–Kier alpha value is -0.410. The van der Waals surface area contributed by atoms with Crippen LogP contribution < -0.4 is 5.32 Å². The van der Waals surface area contributed by atoms with E-state index in [9.17, 15) is 0 Å². The van der Waals surface area contributed by atoms with Crippen LogP contribution in [0.3, 0.4) is 0 Å². The predicted octanol–water partition coefficient (Wildman–Crippen LogP) is 2.77. The van der Waals surface area contributed by atoms with Crippen molar-refractivity contribution in [1.82, 2.24) is 10.3 Å². The number of halogens is 1. The smallest absolute Gasteiger partial charge is 0.0410 e. The van der Waals surface area contributed by atoms with Crippen LogP contribution in [-0.4, -0.2) is 17.6 Å². The molecule has 1 heterocycles. The van der Waals surface area contributed by atoms with E-state index in [1.807, 2.05) is 12.4 Å². The van der Waals surface area contributed by atoms with Gasteiger partial charge in [-0.05, 0) is 53.9 Å². The van der Waals surface area contributed by atoms with Gasteiger partial charge >= 0.3 is 0 Å². The Morgan fingerprint density at radius 1 is 1.50 bits per heavy atom. The van der Waals surface area contributed by atoms with Crippen LogP contribution in [0.15, 0.2) is 22.9 Å². The summed E-state index contributed by atoms with van der Waals surface area (Å²) in [6.45, 7) is 5.39. The third kappa shape index (κ3) is 4.20. The molecule has 1 unspecified atom stereocenters. The molecule has 0 radical (unpaired) electrons. The molecule has 0 spiro atoms. The third-order valence-electron chi connectivity index (χ3n) is 2.18. The van der Waals surface area contributed by atoms with Gasteiger partial charge in [0.05, 0.1) is 0 Å². The molecule has 1 aromatic heterocycles. The molecular formula is C11H17BrN2. The van der Waals surface area contributed by atoms with Crippen molar-refractivity contribution in [2.75, 3.05) is 6.54 Å². The molecule has 1 atom stereocenters. The van der Waals surface area contributed by atoms with Gasteiger partial charge in [0, 0.05) is 22.9 Å². The Bertz CT molecular complexity index is 276. The lowest BCUT2D eigenvalue weighted by molar-refractivity contribution is 0.530. The Balaban J connectivity index is 2.37. The van der Waals surface area contributed by atoms with Gasteiger partial charge in [-0.3, -0.25) is 4.98 Å². The second-order valence-corrected chi connectivity index (χ2v) is 4.42. The Labute approximate surface area is 94.3 Å². The summed E-state index contributed by atoms with van der Waals surface area (Å²) < 4.78 is 1.06. The summed E-state index contributed by atoms with van der Waals surface area (Å²) in [6.07, 6.45) is 5.99. The van der Waals surface area contributed by atoms with Gasteiger partial charge in [-0.15, -0.1) is 0 Å². The molecule has 0 fully saturated rings. The molecule has 78 valence electrons. The molecule has 0 saturated carbocycles. The molecular weight excluding hydrogens is 240 g/mol. The number of hydrogen-bond donors (Lipinski definition) is 1. The average Bonchev–Trinajstić information content (AvgIpc) is 2.15. The first-order chi connectivity index (χ1) is 6.72. The predicted molar refractivity (Wildman–Crippen MR) is 63.4 cm³/mol. The number of hydrogen-bond acceptors (Lipinski definition) is 2. The SMILES string of the molecule is CCNC(C)CCc1cncc(Br)c1. The summed E-state index contributed by atoms with van der Waals surface area (Å²) in [5, 5.41) is 3.40. The fourth-order valence-electron chi connectivity index (χ4n) is 1.43. The van der Waals surface area contributed by atoms with E-state index in [4.69, 9.17) is 0 Å². The van der Waals surface area contributed by atoms with Gasteiger partial charge in [0.1, 0.15) is 0 Å². The number of aryl methyl sites for hydroxylation is 1. The summed E-state index contributed by atoms with van der Waals surface area (Å²) >= 11 is 3.42. The minimum absolute atomic E-state index is 0.582. The van der Waals surface area contributed by atoms with Crippen molar-refractivity contribution < 1.29 is 0 Å². The number of rotatable bonds is 5. The van der Waals surface area contributed by atoms with Crippen LogP contribution in [0.5, 0.6) is 0 Å². The highest BCUT2D eigenvalue weighted by atomic mass is 79.9. The molecule has 0 saturated heterocycles. The van der Waals surface area contributed by atoms with Crippen molar-refractivity contribution in [3.8, 4) is 0 Å². The van der Waals surface area contributed by atoms with Gasteiger partial charge in [0.15, 0.2) is 0 Å². The standard InChI is InChI=1S/C11H17BrN2/c1-3-14-9(2)4-5-10-6-11(12)8-13-7-10/h6-9,14H,3-5H2,1-2H3. The zero-order chi connectivity index (χ0) is 10.4. The maximum atomic E-state index is 4.14. The topological polar surface area (TPSA) is 24.9 Å². The first kappa shape index (κ1) is 11.7. The molecule has 2 nitrogen and oxygen atoms in total.